The highest BCUT2D eigenvalue weighted by Crippen LogP contribution is 2.12. The lowest BCUT2D eigenvalue weighted by atomic mass is 10.1. The van der Waals surface area contributed by atoms with E-state index in [4.69, 9.17) is 0 Å². The van der Waals surface area contributed by atoms with Gasteiger partial charge in [0, 0.05) is 17.3 Å². The lowest BCUT2D eigenvalue weighted by Crippen LogP contribution is -2.24. The van der Waals surface area contributed by atoms with Crippen LogP contribution in [0.15, 0.2) is 29.2 Å². The van der Waals surface area contributed by atoms with Gasteiger partial charge in [0.1, 0.15) is 0 Å². The van der Waals surface area contributed by atoms with Gasteiger partial charge in [-0.1, -0.05) is 18.2 Å². The number of thiol groups is 1. The highest BCUT2D eigenvalue weighted by molar-refractivity contribution is 7.80. The maximum Gasteiger partial charge on any atom is 0.0458 e. The van der Waals surface area contributed by atoms with Crippen LogP contribution in [0.5, 0.6) is 0 Å². The quantitative estimate of drug-likeness (QED) is 0.642. The Balaban J connectivity index is 2.86. The monoisotopic (exact) mass is 167 g/mol. The van der Waals surface area contributed by atoms with Crippen LogP contribution in [0.4, 0.5) is 0 Å². The van der Waals surface area contributed by atoms with Crippen molar-refractivity contribution < 1.29 is 9.90 Å². The van der Waals surface area contributed by atoms with E-state index in [1.807, 2.05) is 0 Å². The average Bonchev–Trinajstić information content (AvgIpc) is 1.93. The molecule has 0 aliphatic carbocycles. The molecule has 1 aromatic rings. The Hall–Kier alpha value is -0.960. The first-order chi connectivity index (χ1) is 5.20. The number of carboxylic acid groups (broad SMARTS) is 1. The van der Waals surface area contributed by atoms with Crippen LogP contribution in [-0.2, 0) is 11.2 Å². The van der Waals surface area contributed by atoms with E-state index in [0.717, 1.165) is 0 Å². The van der Waals surface area contributed by atoms with Gasteiger partial charge < -0.3 is 9.90 Å². The SMILES string of the molecule is O=C([O-])Cc1ccccc1S. The van der Waals surface area contributed by atoms with Crippen LogP contribution in [0.2, 0.25) is 0 Å². The minimum atomic E-state index is -1.08. The number of hydrogen-bond donors (Lipinski definition) is 1. The van der Waals surface area contributed by atoms with Crippen molar-refractivity contribution in [1.29, 1.82) is 0 Å². The molecule has 1 rings (SSSR count). The molecule has 0 saturated carbocycles. The number of carbonyl (C=O) groups excluding carboxylic acids is 1. The van der Waals surface area contributed by atoms with E-state index in [2.05, 4.69) is 12.6 Å². The Morgan fingerprint density at radius 3 is 2.64 bits per heavy atom. The molecule has 58 valence electrons. The minimum absolute atomic E-state index is 0.0698. The molecular weight excluding hydrogens is 160 g/mol. The molecule has 0 unspecified atom stereocenters. The van der Waals surface area contributed by atoms with E-state index in [1.54, 1.807) is 24.3 Å². The molecule has 11 heavy (non-hydrogen) atoms. The third-order valence-corrected chi connectivity index (χ3v) is 1.76. The fraction of sp³-hybridized carbons (Fsp3) is 0.125. The van der Waals surface area contributed by atoms with Crippen LogP contribution < -0.4 is 5.11 Å². The fourth-order valence-electron chi connectivity index (χ4n) is 0.816. The van der Waals surface area contributed by atoms with Crippen molar-refractivity contribution in [3.8, 4) is 0 Å². The molecule has 0 aromatic heterocycles. The Kier molecular flexibility index (Phi) is 2.54. The molecule has 0 atom stereocenters. The van der Waals surface area contributed by atoms with Crippen LogP contribution in [0.1, 0.15) is 5.56 Å². The van der Waals surface area contributed by atoms with Crippen molar-refractivity contribution in [3.05, 3.63) is 29.8 Å². The third kappa shape index (κ3) is 2.27. The fourth-order valence-corrected chi connectivity index (χ4v) is 1.06. The van der Waals surface area contributed by atoms with Gasteiger partial charge in [0.05, 0.1) is 0 Å². The standard InChI is InChI=1S/C8H8O2S/c9-8(10)5-6-3-1-2-4-7(6)11/h1-4,11H,5H2,(H,9,10)/p-1. The van der Waals surface area contributed by atoms with E-state index in [0.29, 0.717) is 10.5 Å². The van der Waals surface area contributed by atoms with Gasteiger partial charge in [-0.05, 0) is 11.6 Å². The average molecular weight is 167 g/mol. The van der Waals surface area contributed by atoms with E-state index < -0.39 is 5.97 Å². The van der Waals surface area contributed by atoms with Crippen LogP contribution in [-0.4, -0.2) is 5.97 Å². The Morgan fingerprint density at radius 1 is 1.45 bits per heavy atom. The van der Waals surface area contributed by atoms with Gasteiger partial charge in [-0.2, -0.15) is 0 Å². The summed E-state index contributed by atoms with van der Waals surface area (Å²) in [6.07, 6.45) is -0.0698. The molecular formula is C8H7O2S-. The molecule has 0 radical (unpaired) electrons. The summed E-state index contributed by atoms with van der Waals surface area (Å²) in [7, 11) is 0. The highest BCUT2D eigenvalue weighted by Gasteiger charge is 1.96. The van der Waals surface area contributed by atoms with Gasteiger partial charge in [0.25, 0.3) is 0 Å². The summed E-state index contributed by atoms with van der Waals surface area (Å²) in [5.74, 6) is -1.08. The van der Waals surface area contributed by atoms with Crippen LogP contribution in [0, 0.1) is 0 Å². The molecule has 1 aromatic carbocycles. The minimum Gasteiger partial charge on any atom is -0.550 e. The Bertz CT molecular complexity index is 271. The molecule has 3 heteroatoms. The topological polar surface area (TPSA) is 40.1 Å². The van der Waals surface area contributed by atoms with E-state index >= 15 is 0 Å². The zero-order valence-electron chi connectivity index (χ0n) is 5.78. The van der Waals surface area contributed by atoms with Crippen LogP contribution in [0.25, 0.3) is 0 Å². The number of benzene rings is 1. The number of hydrogen-bond acceptors (Lipinski definition) is 3. The summed E-state index contributed by atoms with van der Waals surface area (Å²) in [5, 5.41) is 10.2. The summed E-state index contributed by atoms with van der Waals surface area (Å²) in [6.45, 7) is 0. The summed E-state index contributed by atoms with van der Waals surface area (Å²) >= 11 is 4.08. The Morgan fingerprint density at radius 2 is 2.09 bits per heavy atom. The molecule has 0 heterocycles. The van der Waals surface area contributed by atoms with E-state index in [9.17, 15) is 9.90 Å². The van der Waals surface area contributed by atoms with Crippen molar-refractivity contribution in [3.63, 3.8) is 0 Å². The van der Waals surface area contributed by atoms with Crippen molar-refractivity contribution in [1.82, 2.24) is 0 Å². The first-order valence-electron chi connectivity index (χ1n) is 3.17. The molecule has 0 N–H and O–H groups in total. The van der Waals surface area contributed by atoms with Gasteiger partial charge in [0.2, 0.25) is 0 Å². The third-order valence-electron chi connectivity index (χ3n) is 1.33. The lowest BCUT2D eigenvalue weighted by molar-refractivity contribution is -0.304. The first-order valence-corrected chi connectivity index (χ1v) is 3.61. The zero-order valence-corrected chi connectivity index (χ0v) is 6.67. The molecule has 0 spiro atoms. The Labute approximate surface area is 70.3 Å². The molecule has 0 bridgehead atoms. The number of aliphatic carboxylic acids is 1. The maximum absolute atomic E-state index is 10.2. The van der Waals surface area contributed by atoms with Crippen LogP contribution in [0.3, 0.4) is 0 Å². The van der Waals surface area contributed by atoms with Gasteiger partial charge >= 0.3 is 0 Å². The highest BCUT2D eigenvalue weighted by atomic mass is 32.1. The molecule has 0 fully saturated rings. The van der Waals surface area contributed by atoms with Gasteiger partial charge in [0.15, 0.2) is 0 Å². The molecule has 0 saturated heterocycles. The first kappa shape index (κ1) is 8.14. The second-order valence-corrected chi connectivity index (χ2v) is 2.66. The lowest BCUT2D eigenvalue weighted by Gasteiger charge is -2.03. The zero-order chi connectivity index (χ0) is 8.27. The van der Waals surface area contributed by atoms with E-state index in [-0.39, 0.29) is 6.42 Å². The second-order valence-electron chi connectivity index (χ2n) is 2.18. The normalized spacial score (nSPS) is 9.55. The van der Waals surface area contributed by atoms with E-state index in [1.165, 1.54) is 0 Å². The van der Waals surface area contributed by atoms with Crippen molar-refractivity contribution in [2.75, 3.05) is 0 Å². The number of carboxylic acids is 1. The van der Waals surface area contributed by atoms with Gasteiger partial charge in [-0.3, -0.25) is 0 Å². The number of carbonyl (C=O) groups is 1. The maximum atomic E-state index is 10.2. The molecule has 0 amide bonds. The van der Waals surface area contributed by atoms with Crippen molar-refractivity contribution in [2.45, 2.75) is 11.3 Å². The summed E-state index contributed by atoms with van der Waals surface area (Å²) in [6, 6.07) is 7.05. The smallest absolute Gasteiger partial charge is 0.0458 e. The molecule has 2 nitrogen and oxygen atoms in total. The summed E-state index contributed by atoms with van der Waals surface area (Å²) < 4.78 is 0. The predicted molar refractivity (Wildman–Crippen MR) is 42.4 cm³/mol. The molecule has 0 aliphatic rings. The second kappa shape index (κ2) is 3.44. The number of rotatable bonds is 2. The van der Waals surface area contributed by atoms with Crippen molar-refractivity contribution in [2.24, 2.45) is 0 Å². The van der Waals surface area contributed by atoms with Gasteiger partial charge in [-0.25, -0.2) is 0 Å². The van der Waals surface area contributed by atoms with Gasteiger partial charge in [-0.15, -0.1) is 12.6 Å². The summed E-state index contributed by atoms with van der Waals surface area (Å²) in [4.78, 5) is 10.9. The summed E-state index contributed by atoms with van der Waals surface area (Å²) in [5.41, 5.74) is 0.691. The largest absolute Gasteiger partial charge is 0.550 e. The predicted octanol–water partition coefficient (Wildman–Crippen LogP) is 0.268. The van der Waals surface area contributed by atoms with Crippen molar-refractivity contribution >= 4 is 18.6 Å². The molecule has 0 aliphatic heterocycles. The van der Waals surface area contributed by atoms with Crippen LogP contribution >= 0.6 is 12.6 Å².